The molecule has 0 rings (SSSR count). The molecule has 0 fully saturated rings. The quantitative estimate of drug-likeness (QED) is 0.239. The summed E-state index contributed by atoms with van der Waals surface area (Å²) < 4.78 is 17.1. The summed E-state index contributed by atoms with van der Waals surface area (Å²) in [6.45, 7) is 10.9. The third kappa shape index (κ3) is 13.7. The lowest BCUT2D eigenvalue weighted by atomic mass is 10.2. The van der Waals surface area contributed by atoms with Crippen molar-refractivity contribution in [1.29, 1.82) is 0 Å². The van der Waals surface area contributed by atoms with Crippen LogP contribution in [0, 0.1) is 11.8 Å². The van der Waals surface area contributed by atoms with Crippen LogP contribution in [0.15, 0.2) is 4.99 Å². The van der Waals surface area contributed by atoms with Crippen molar-refractivity contribution >= 4 is 15.6 Å². The zero-order valence-electron chi connectivity index (χ0n) is 12.6. The van der Waals surface area contributed by atoms with Crippen molar-refractivity contribution in [3.05, 3.63) is 0 Å². The van der Waals surface area contributed by atoms with E-state index in [1.54, 1.807) is 0 Å². The Labute approximate surface area is 118 Å². The van der Waals surface area contributed by atoms with E-state index >= 15 is 0 Å². The predicted molar refractivity (Wildman–Crippen MR) is 76.9 cm³/mol. The Morgan fingerprint density at radius 3 is 2.05 bits per heavy atom. The van der Waals surface area contributed by atoms with E-state index in [0.717, 1.165) is 12.8 Å². The number of aliphatic imine (C=N–C) groups is 1. The van der Waals surface area contributed by atoms with Crippen LogP contribution in [0.25, 0.3) is 0 Å². The minimum Gasteiger partial charge on any atom is -0.376 e. The monoisotopic (exact) mass is 289 g/mol. The van der Waals surface area contributed by atoms with Gasteiger partial charge in [0.15, 0.2) is 0 Å². The van der Waals surface area contributed by atoms with Crippen molar-refractivity contribution < 1.29 is 18.1 Å². The average molecular weight is 289 g/mol. The van der Waals surface area contributed by atoms with Crippen molar-refractivity contribution in [2.75, 3.05) is 26.4 Å². The van der Waals surface area contributed by atoms with Crippen LogP contribution in [-0.2, 0) is 18.1 Å². The molecule has 0 aliphatic heterocycles. The molecule has 0 aromatic carbocycles. The first kappa shape index (κ1) is 18.5. The summed E-state index contributed by atoms with van der Waals surface area (Å²) >= 11 is 0. The zero-order valence-corrected chi connectivity index (χ0v) is 13.7. The van der Waals surface area contributed by atoms with Crippen LogP contribution < -0.4 is 0 Å². The predicted octanol–water partition coefficient (Wildman–Crippen LogP) is 2.18. The lowest BCUT2D eigenvalue weighted by Gasteiger charge is -2.19. The van der Waals surface area contributed by atoms with Crippen LogP contribution in [0.1, 0.15) is 40.5 Å². The maximum Gasteiger partial charge on any atom is 0.484 e. The van der Waals surface area contributed by atoms with Crippen LogP contribution in [0.3, 0.4) is 0 Å². The summed E-state index contributed by atoms with van der Waals surface area (Å²) in [5, 5.41) is 0. The highest BCUT2D eigenvalue weighted by Crippen LogP contribution is 2.03. The summed E-state index contributed by atoms with van der Waals surface area (Å²) in [6, 6.07) is 0. The number of carbonyl (C=O) groups excluding carboxylic acids is 1. The first-order chi connectivity index (χ1) is 9.06. The molecule has 0 radical (unpaired) electrons. The topological polar surface area (TPSA) is 57.1 Å². The molecule has 0 bridgehead atoms. The van der Waals surface area contributed by atoms with E-state index in [-0.39, 0.29) is 0 Å². The zero-order chi connectivity index (χ0) is 14.5. The minimum atomic E-state index is -2.01. The van der Waals surface area contributed by atoms with Crippen LogP contribution in [0.5, 0.6) is 0 Å². The van der Waals surface area contributed by atoms with Crippen molar-refractivity contribution in [1.82, 2.24) is 0 Å². The Kier molecular flexibility index (Phi) is 12.2. The molecule has 5 nitrogen and oxygen atoms in total. The van der Waals surface area contributed by atoms with Gasteiger partial charge in [-0.1, -0.05) is 27.7 Å². The molecule has 0 heterocycles. The Morgan fingerprint density at radius 1 is 1.00 bits per heavy atom. The summed E-state index contributed by atoms with van der Waals surface area (Å²) in [5.74, 6) is 0.950. The highest BCUT2D eigenvalue weighted by molar-refractivity contribution is 6.36. The number of hydrogen-bond acceptors (Lipinski definition) is 5. The van der Waals surface area contributed by atoms with E-state index in [1.165, 1.54) is 6.08 Å². The number of rotatable bonds is 12. The molecule has 0 saturated carbocycles. The van der Waals surface area contributed by atoms with Gasteiger partial charge in [0.05, 0.1) is 6.54 Å². The van der Waals surface area contributed by atoms with Gasteiger partial charge in [-0.15, -0.1) is 0 Å². The van der Waals surface area contributed by atoms with Crippen LogP contribution in [0.2, 0.25) is 0 Å². The van der Waals surface area contributed by atoms with Gasteiger partial charge in [-0.05, 0) is 24.7 Å². The highest BCUT2D eigenvalue weighted by atomic mass is 28.3. The van der Waals surface area contributed by atoms with E-state index in [4.69, 9.17) is 13.3 Å². The largest absolute Gasteiger partial charge is 0.484 e. The Bertz CT molecular complexity index is 243. The summed E-state index contributed by atoms with van der Waals surface area (Å²) in [4.78, 5) is 13.4. The first-order valence-corrected chi connectivity index (χ1v) is 8.36. The standard InChI is InChI=1S/C13H27NO4Si/c1-12(2)9-17-19(18-10-13(3)4)16-8-6-5-7-14-11-15/h12-13,19H,5-10H2,1-4H3. The molecule has 0 spiro atoms. The molecule has 19 heavy (non-hydrogen) atoms. The lowest BCUT2D eigenvalue weighted by molar-refractivity contribution is 0.0746. The van der Waals surface area contributed by atoms with Gasteiger partial charge < -0.3 is 13.3 Å². The molecule has 0 aliphatic carbocycles. The van der Waals surface area contributed by atoms with E-state index in [9.17, 15) is 4.79 Å². The molecule has 0 aliphatic rings. The number of hydrogen-bond donors (Lipinski definition) is 0. The second kappa shape index (κ2) is 12.5. The van der Waals surface area contributed by atoms with E-state index in [2.05, 4.69) is 32.7 Å². The highest BCUT2D eigenvalue weighted by Gasteiger charge is 2.16. The van der Waals surface area contributed by atoms with Gasteiger partial charge in [-0.25, -0.2) is 9.79 Å². The summed E-state index contributed by atoms with van der Waals surface area (Å²) in [6.07, 6.45) is 3.20. The molecule has 0 aromatic rings. The van der Waals surface area contributed by atoms with Gasteiger partial charge in [0.25, 0.3) is 0 Å². The van der Waals surface area contributed by atoms with E-state index in [1.807, 2.05) is 0 Å². The maximum atomic E-state index is 9.89. The molecule has 6 heteroatoms. The van der Waals surface area contributed by atoms with Crippen LogP contribution >= 0.6 is 0 Å². The Morgan fingerprint density at radius 2 is 1.58 bits per heavy atom. The fourth-order valence-corrected chi connectivity index (χ4v) is 2.94. The van der Waals surface area contributed by atoms with Gasteiger partial charge in [-0.2, -0.15) is 0 Å². The van der Waals surface area contributed by atoms with Gasteiger partial charge in [0.1, 0.15) is 0 Å². The van der Waals surface area contributed by atoms with Gasteiger partial charge in [0, 0.05) is 19.8 Å². The van der Waals surface area contributed by atoms with Crippen molar-refractivity contribution in [3.63, 3.8) is 0 Å². The second-order valence-electron chi connectivity index (χ2n) is 5.29. The number of isocyanates is 1. The second-order valence-corrected chi connectivity index (χ2v) is 6.87. The molecule has 0 unspecified atom stereocenters. The number of nitrogens with zero attached hydrogens (tertiary/aromatic N) is 1. The fourth-order valence-electron chi connectivity index (χ4n) is 1.20. The third-order valence-electron chi connectivity index (χ3n) is 2.11. The number of unbranched alkanes of at least 4 members (excludes halogenated alkanes) is 1. The third-order valence-corrected chi connectivity index (χ3v) is 3.55. The van der Waals surface area contributed by atoms with Crippen LogP contribution in [-0.4, -0.2) is 42.0 Å². The molecule has 0 atom stereocenters. The first-order valence-electron chi connectivity index (χ1n) is 6.94. The van der Waals surface area contributed by atoms with Gasteiger partial charge in [0.2, 0.25) is 6.08 Å². The molecule has 0 aromatic heterocycles. The minimum absolute atomic E-state index is 0.475. The fraction of sp³-hybridized carbons (Fsp3) is 0.923. The maximum absolute atomic E-state index is 9.89. The SMILES string of the molecule is CC(C)CO[SiH](OCCCCN=C=O)OCC(C)C. The van der Waals surface area contributed by atoms with Crippen molar-refractivity contribution in [2.45, 2.75) is 40.5 Å². The Hall–Kier alpha value is -0.523. The van der Waals surface area contributed by atoms with Crippen molar-refractivity contribution in [2.24, 2.45) is 16.8 Å². The average Bonchev–Trinajstić information content (AvgIpc) is 2.35. The van der Waals surface area contributed by atoms with Crippen molar-refractivity contribution in [3.8, 4) is 0 Å². The molecular weight excluding hydrogens is 262 g/mol. The van der Waals surface area contributed by atoms with Gasteiger partial charge in [-0.3, -0.25) is 0 Å². The summed E-state index contributed by atoms with van der Waals surface area (Å²) in [7, 11) is -2.01. The smallest absolute Gasteiger partial charge is 0.376 e. The molecule has 0 N–H and O–H groups in total. The van der Waals surface area contributed by atoms with Crippen LogP contribution in [0.4, 0.5) is 0 Å². The molecule has 0 saturated heterocycles. The lowest BCUT2D eigenvalue weighted by Crippen LogP contribution is -2.30. The van der Waals surface area contributed by atoms with E-state index < -0.39 is 9.53 Å². The Balaban J connectivity index is 3.79. The normalized spacial score (nSPS) is 11.3. The van der Waals surface area contributed by atoms with Gasteiger partial charge >= 0.3 is 9.53 Å². The molecular formula is C13H27NO4Si. The van der Waals surface area contributed by atoms with E-state index in [0.29, 0.717) is 38.2 Å². The summed E-state index contributed by atoms with van der Waals surface area (Å²) in [5.41, 5.74) is 0. The molecule has 112 valence electrons. The molecule has 0 amide bonds.